The number of imidazole rings is 1. The molecule has 2 heterocycles. The fourth-order valence-electron chi connectivity index (χ4n) is 4.02. The van der Waals surface area contributed by atoms with E-state index in [4.69, 9.17) is 37.4 Å². The van der Waals surface area contributed by atoms with Gasteiger partial charge >= 0.3 is 11.9 Å². The second-order valence-corrected chi connectivity index (χ2v) is 8.92. The highest BCUT2D eigenvalue weighted by atomic mass is 35.5. The highest BCUT2D eigenvalue weighted by molar-refractivity contribution is 6.42. The van der Waals surface area contributed by atoms with E-state index >= 15 is 0 Å². The normalized spacial score (nSPS) is 17.3. The van der Waals surface area contributed by atoms with E-state index in [1.165, 1.54) is 20.2 Å². The monoisotopic (exact) mass is 550 g/mol. The van der Waals surface area contributed by atoms with E-state index in [1.54, 1.807) is 32.0 Å². The molecule has 0 bridgehead atoms. The summed E-state index contributed by atoms with van der Waals surface area (Å²) in [6, 6.07) is 5.01. The van der Waals surface area contributed by atoms with Crippen LogP contribution in [0.3, 0.4) is 0 Å². The summed E-state index contributed by atoms with van der Waals surface area (Å²) < 4.78 is 16.2. The van der Waals surface area contributed by atoms with Crippen LogP contribution < -0.4 is 5.32 Å². The van der Waals surface area contributed by atoms with Crippen molar-refractivity contribution in [3.05, 3.63) is 57.0 Å². The van der Waals surface area contributed by atoms with Crippen molar-refractivity contribution >= 4 is 52.6 Å². The molecular formula is C25H28Cl2N4O6. The van der Waals surface area contributed by atoms with E-state index in [2.05, 4.69) is 20.3 Å². The number of hydrogen-bond acceptors (Lipinski definition) is 9. The van der Waals surface area contributed by atoms with Gasteiger partial charge in [-0.2, -0.15) is 0 Å². The molecule has 0 aliphatic carbocycles. The number of ether oxygens (including phenoxy) is 3. The molecule has 1 aromatic carbocycles. The third kappa shape index (κ3) is 6.57. The number of rotatable bonds is 11. The first-order valence-electron chi connectivity index (χ1n) is 11.5. The van der Waals surface area contributed by atoms with Gasteiger partial charge in [0, 0.05) is 25.1 Å². The minimum Gasteiger partial charge on any atom is -0.468 e. The van der Waals surface area contributed by atoms with Crippen molar-refractivity contribution in [1.29, 1.82) is 0 Å². The zero-order chi connectivity index (χ0) is 27.1. The Balaban J connectivity index is 1.89. The van der Waals surface area contributed by atoms with Crippen LogP contribution in [0.5, 0.6) is 0 Å². The van der Waals surface area contributed by atoms with Gasteiger partial charge in [0.05, 0.1) is 54.4 Å². The van der Waals surface area contributed by atoms with Crippen molar-refractivity contribution in [3.63, 3.8) is 0 Å². The molecule has 2 aromatic rings. The lowest BCUT2D eigenvalue weighted by atomic mass is 9.75. The van der Waals surface area contributed by atoms with Crippen molar-refractivity contribution in [2.45, 2.75) is 26.7 Å². The molecule has 0 amide bonds. The minimum atomic E-state index is -0.916. The third-order valence-electron chi connectivity index (χ3n) is 5.72. The molecule has 0 spiro atoms. The Morgan fingerprint density at radius 1 is 1.22 bits per heavy atom. The Morgan fingerprint density at radius 2 is 1.97 bits per heavy atom. The second kappa shape index (κ2) is 12.8. The van der Waals surface area contributed by atoms with Gasteiger partial charge in [0.15, 0.2) is 5.78 Å². The van der Waals surface area contributed by atoms with Crippen LogP contribution in [-0.2, 0) is 23.8 Å². The summed E-state index contributed by atoms with van der Waals surface area (Å²) in [5.74, 6) is -2.67. The number of ketones is 1. The van der Waals surface area contributed by atoms with Gasteiger partial charge in [0.25, 0.3) is 0 Å². The average molecular weight is 551 g/mol. The number of Topliss-reactive ketones (excluding diaryl/α,β-unsaturated/α-hetero) is 1. The predicted molar refractivity (Wildman–Crippen MR) is 139 cm³/mol. The molecular weight excluding hydrogens is 523 g/mol. The van der Waals surface area contributed by atoms with Gasteiger partial charge in [-0.15, -0.1) is 0 Å². The molecule has 1 aromatic heterocycles. The van der Waals surface area contributed by atoms with Gasteiger partial charge in [0.2, 0.25) is 5.95 Å². The first-order valence-corrected chi connectivity index (χ1v) is 12.3. The topological polar surface area (TPSA) is 132 Å². The fraction of sp³-hybridized carbons (Fsp3) is 0.400. The van der Waals surface area contributed by atoms with Crippen molar-refractivity contribution in [3.8, 4) is 0 Å². The summed E-state index contributed by atoms with van der Waals surface area (Å²) in [5, 5.41) is 3.51. The smallest absolute Gasteiger partial charge is 0.336 e. The quantitative estimate of drug-likeness (QED) is 0.241. The van der Waals surface area contributed by atoms with Crippen molar-refractivity contribution in [2.24, 2.45) is 10.9 Å². The van der Waals surface area contributed by atoms with Crippen molar-refractivity contribution in [1.82, 2.24) is 9.97 Å². The van der Waals surface area contributed by atoms with E-state index in [0.29, 0.717) is 35.2 Å². The first kappa shape index (κ1) is 28.4. The van der Waals surface area contributed by atoms with Crippen LogP contribution in [0.1, 0.15) is 42.7 Å². The molecule has 198 valence electrons. The fourth-order valence-corrected chi connectivity index (χ4v) is 4.45. The molecule has 0 radical (unpaired) electrons. The van der Waals surface area contributed by atoms with Crippen LogP contribution in [0.25, 0.3) is 0 Å². The van der Waals surface area contributed by atoms with E-state index < -0.39 is 23.8 Å². The Hall–Kier alpha value is -3.21. The number of H-pyrrole nitrogens is 1. The van der Waals surface area contributed by atoms with Gasteiger partial charge in [-0.3, -0.25) is 14.6 Å². The number of hydrogen-bond donors (Lipinski definition) is 2. The van der Waals surface area contributed by atoms with Gasteiger partial charge < -0.3 is 24.5 Å². The lowest BCUT2D eigenvalue weighted by Crippen LogP contribution is -2.37. The van der Waals surface area contributed by atoms with Crippen LogP contribution in [0.2, 0.25) is 10.0 Å². The van der Waals surface area contributed by atoms with Crippen molar-refractivity contribution in [2.75, 3.05) is 38.8 Å². The number of nitrogens with zero attached hydrogens (tertiary/aromatic N) is 2. The maximum absolute atomic E-state index is 13.2. The molecule has 2 unspecified atom stereocenters. The maximum atomic E-state index is 13.2. The van der Waals surface area contributed by atoms with Gasteiger partial charge in [-0.05, 0) is 25.5 Å². The van der Waals surface area contributed by atoms with Crippen LogP contribution in [0, 0.1) is 5.92 Å². The Morgan fingerprint density at radius 3 is 2.62 bits per heavy atom. The Bertz CT molecular complexity index is 1240. The van der Waals surface area contributed by atoms with Gasteiger partial charge in [-0.25, -0.2) is 9.78 Å². The summed E-state index contributed by atoms with van der Waals surface area (Å²) in [7, 11) is 1.27. The summed E-state index contributed by atoms with van der Waals surface area (Å²) >= 11 is 12.8. The Kier molecular flexibility index (Phi) is 9.85. The van der Waals surface area contributed by atoms with Crippen LogP contribution in [0.4, 0.5) is 5.95 Å². The molecule has 2 atom stereocenters. The third-order valence-corrected chi connectivity index (χ3v) is 6.55. The number of aromatic amines is 1. The van der Waals surface area contributed by atoms with E-state index in [0.717, 1.165) is 0 Å². The van der Waals surface area contributed by atoms with Gasteiger partial charge in [-0.1, -0.05) is 35.3 Å². The molecule has 0 saturated carbocycles. The number of carbonyl (C=O) groups is 3. The summed E-state index contributed by atoms with van der Waals surface area (Å²) in [4.78, 5) is 48.9. The number of anilines is 1. The lowest BCUT2D eigenvalue weighted by molar-refractivity contribution is -0.144. The number of aliphatic imine (C=N–C) groups is 1. The average Bonchev–Trinajstić information content (AvgIpc) is 3.34. The number of nitrogens with one attached hydrogen (secondary N) is 2. The standard InChI is InChI=1S/C25H28Cl2N4O6/c1-5-37-24(34)21-18(12-36-10-9-28-25-29-11-17(31-25)14(3)32)30-13(2)19(23(33)35-4)20(21)15-7-6-8-16(26)22(15)27/h6-8,11,19-20H,5,9-10,12H2,1-4H3,(H2,28,29,31). The number of halogens is 2. The van der Waals surface area contributed by atoms with Crippen LogP contribution in [-0.4, -0.2) is 66.9 Å². The molecule has 37 heavy (non-hydrogen) atoms. The number of aromatic nitrogens is 2. The molecule has 0 saturated heterocycles. The maximum Gasteiger partial charge on any atom is 0.336 e. The van der Waals surface area contributed by atoms with Gasteiger partial charge in [0.1, 0.15) is 11.6 Å². The number of carbonyl (C=O) groups excluding carboxylic acids is 3. The summed E-state index contributed by atoms with van der Waals surface area (Å²) in [6.45, 7) is 5.48. The highest BCUT2D eigenvalue weighted by Crippen LogP contribution is 2.44. The largest absolute Gasteiger partial charge is 0.468 e. The molecule has 1 aliphatic heterocycles. The number of methoxy groups -OCH3 is 1. The molecule has 0 fully saturated rings. The van der Waals surface area contributed by atoms with Crippen LogP contribution in [0.15, 0.2) is 40.7 Å². The highest BCUT2D eigenvalue weighted by Gasteiger charge is 2.44. The molecule has 10 nitrogen and oxygen atoms in total. The number of esters is 2. The SMILES string of the molecule is CCOC(=O)C1=C(COCCNc2ncc(C(C)=O)[nH]2)N=C(C)C(C(=O)OC)C1c1cccc(Cl)c1Cl. The molecule has 3 rings (SSSR count). The summed E-state index contributed by atoms with van der Waals surface area (Å²) in [6.07, 6.45) is 1.44. The second-order valence-electron chi connectivity index (χ2n) is 8.14. The number of benzene rings is 1. The van der Waals surface area contributed by atoms with Crippen molar-refractivity contribution < 1.29 is 28.6 Å². The predicted octanol–water partition coefficient (Wildman–Crippen LogP) is 4.21. The van der Waals surface area contributed by atoms with E-state index in [9.17, 15) is 14.4 Å². The Labute approximate surface area is 224 Å². The summed E-state index contributed by atoms with van der Waals surface area (Å²) in [5.41, 5.74) is 1.77. The van der Waals surface area contributed by atoms with Crippen LogP contribution >= 0.6 is 23.2 Å². The molecule has 2 N–H and O–H groups in total. The van der Waals surface area contributed by atoms with E-state index in [1.807, 2.05) is 0 Å². The molecule has 12 heteroatoms. The first-order chi connectivity index (χ1) is 17.7. The minimum absolute atomic E-state index is 0.0351. The lowest BCUT2D eigenvalue weighted by Gasteiger charge is -2.32. The zero-order valence-electron chi connectivity index (χ0n) is 20.9. The zero-order valence-corrected chi connectivity index (χ0v) is 22.4. The molecule has 1 aliphatic rings. The van der Waals surface area contributed by atoms with E-state index in [-0.39, 0.29) is 41.2 Å².